The summed E-state index contributed by atoms with van der Waals surface area (Å²) in [5, 5.41) is 3.32. The summed E-state index contributed by atoms with van der Waals surface area (Å²) in [6, 6.07) is 0. The zero-order chi connectivity index (χ0) is 8.39. The summed E-state index contributed by atoms with van der Waals surface area (Å²) < 4.78 is 0. The number of hydrogen-bond acceptors (Lipinski definition) is 0. The quantitative estimate of drug-likeness (QED) is 0.563. The molecule has 0 N–H and O–H groups in total. The third-order valence-electron chi connectivity index (χ3n) is 2.51. The van der Waals surface area contributed by atoms with E-state index < -0.39 is 0 Å². The molecule has 0 spiro atoms. The average molecular weight is 173 g/mol. The van der Waals surface area contributed by atoms with Crippen molar-refractivity contribution in [3.8, 4) is 0 Å². The molecule has 0 atom stereocenters. The van der Waals surface area contributed by atoms with Gasteiger partial charge in [0.25, 0.3) is 0 Å². The molecule has 2 rings (SSSR count). The van der Waals surface area contributed by atoms with E-state index in [1.54, 1.807) is 10.4 Å². The van der Waals surface area contributed by atoms with Crippen LogP contribution in [0.5, 0.6) is 0 Å². The molecule has 0 bridgehead atoms. The molecule has 0 saturated carbocycles. The molecule has 0 aromatic rings. The monoisotopic (exact) mass is 173 g/mol. The summed E-state index contributed by atoms with van der Waals surface area (Å²) >= 11 is 0. The fourth-order valence-electron chi connectivity index (χ4n) is 1.66. The van der Waals surface area contributed by atoms with Crippen LogP contribution in [0.3, 0.4) is 0 Å². The predicted octanol–water partition coefficient (Wildman–Crippen LogP) is 2.96. The van der Waals surface area contributed by atoms with Gasteiger partial charge in [0.05, 0.1) is 0 Å². The molecular formula is C11H13Si. The van der Waals surface area contributed by atoms with E-state index in [1.807, 2.05) is 0 Å². The summed E-state index contributed by atoms with van der Waals surface area (Å²) in [5.74, 6) is 0. The Balaban J connectivity index is 2.05. The number of rotatable bonds is 2. The Bertz CT molecular complexity index is 262. The number of hydrogen-bond donors (Lipinski definition) is 0. The highest BCUT2D eigenvalue weighted by Crippen LogP contribution is 2.23. The van der Waals surface area contributed by atoms with E-state index in [1.165, 1.54) is 12.8 Å². The van der Waals surface area contributed by atoms with E-state index in [0.717, 1.165) is 0 Å². The minimum absolute atomic E-state index is 0.348. The highest BCUT2D eigenvalue weighted by molar-refractivity contribution is 6.73. The second-order valence-corrected chi connectivity index (χ2v) is 5.81. The van der Waals surface area contributed by atoms with Gasteiger partial charge in [-0.15, -0.1) is 0 Å². The zero-order valence-electron chi connectivity index (χ0n) is 7.38. The molecule has 2 aliphatic carbocycles. The summed E-state index contributed by atoms with van der Waals surface area (Å²) in [7, 11) is -0.348. The Morgan fingerprint density at radius 2 is 1.50 bits per heavy atom. The second kappa shape index (κ2) is 3.28. The van der Waals surface area contributed by atoms with Crippen molar-refractivity contribution in [2.24, 2.45) is 0 Å². The maximum atomic E-state index is 2.41. The highest BCUT2D eigenvalue weighted by atomic mass is 28.3. The highest BCUT2D eigenvalue weighted by Gasteiger charge is 2.16. The topological polar surface area (TPSA) is 0 Å². The van der Waals surface area contributed by atoms with Crippen molar-refractivity contribution < 1.29 is 0 Å². The van der Waals surface area contributed by atoms with Gasteiger partial charge in [-0.3, -0.25) is 0 Å². The third-order valence-corrected chi connectivity index (χ3v) is 5.17. The molecule has 0 aliphatic heterocycles. The van der Waals surface area contributed by atoms with E-state index in [9.17, 15) is 0 Å². The van der Waals surface area contributed by atoms with Crippen LogP contribution in [-0.4, -0.2) is 8.80 Å². The Kier molecular flexibility index (Phi) is 2.13. The van der Waals surface area contributed by atoms with Crippen molar-refractivity contribution >= 4 is 8.80 Å². The van der Waals surface area contributed by atoms with Gasteiger partial charge in [-0.05, 0) is 12.8 Å². The Morgan fingerprint density at radius 3 is 1.83 bits per heavy atom. The Labute approximate surface area is 75.6 Å². The number of allylic oxidation sites excluding steroid dienone is 8. The standard InChI is InChI=1S/C11H13Si/c1-12(10-6-2-3-7-10)11-8-4-5-9-11/h2-6,8H,7,9H2,1H3. The van der Waals surface area contributed by atoms with Gasteiger partial charge in [-0.1, -0.05) is 53.4 Å². The lowest BCUT2D eigenvalue weighted by molar-refractivity contribution is 1.33. The van der Waals surface area contributed by atoms with Crippen LogP contribution in [0.25, 0.3) is 0 Å². The predicted molar refractivity (Wildman–Crippen MR) is 55.3 cm³/mol. The van der Waals surface area contributed by atoms with Crippen LogP contribution in [0.1, 0.15) is 12.8 Å². The summed E-state index contributed by atoms with van der Waals surface area (Å²) in [6.07, 6.45) is 15.9. The molecule has 0 fully saturated rings. The van der Waals surface area contributed by atoms with Gasteiger partial charge >= 0.3 is 0 Å². The maximum absolute atomic E-state index is 2.41. The van der Waals surface area contributed by atoms with Crippen LogP contribution >= 0.6 is 0 Å². The molecule has 0 heterocycles. The second-order valence-electron chi connectivity index (χ2n) is 3.27. The van der Waals surface area contributed by atoms with Crippen molar-refractivity contribution in [1.82, 2.24) is 0 Å². The molecular weight excluding hydrogens is 160 g/mol. The molecule has 12 heavy (non-hydrogen) atoms. The van der Waals surface area contributed by atoms with Crippen molar-refractivity contribution in [2.45, 2.75) is 19.4 Å². The first-order valence-electron chi connectivity index (χ1n) is 4.43. The lowest BCUT2D eigenvalue weighted by atomic mass is 10.5. The fraction of sp³-hybridized carbons (Fsp3) is 0.273. The van der Waals surface area contributed by atoms with E-state index >= 15 is 0 Å². The fourth-order valence-corrected chi connectivity index (χ4v) is 3.61. The van der Waals surface area contributed by atoms with E-state index in [4.69, 9.17) is 0 Å². The van der Waals surface area contributed by atoms with E-state index in [2.05, 4.69) is 43.0 Å². The van der Waals surface area contributed by atoms with E-state index in [0.29, 0.717) is 0 Å². The smallest absolute Gasteiger partial charge is 0.0809 e. The molecule has 61 valence electrons. The van der Waals surface area contributed by atoms with Crippen LogP contribution in [0, 0.1) is 0 Å². The van der Waals surface area contributed by atoms with Gasteiger partial charge in [-0.2, -0.15) is 0 Å². The SMILES string of the molecule is C[Si](C1=CC=CC1)C1=CC=CC1. The molecule has 0 aromatic heterocycles. The normalized spacial score (nSPS) is 20.5. The molecule has 0 nitrogen and oxygen atoms in total. The Hall–Kier alpha value is -0.823. The molecule has 0 amide bonds. The molecule has 2 aliphatic rings. The van der Waals surface area contributed by atoms with Gasteiger partial charge in [0, 0.05) is 0 Å². The molecule has 1 heteroatoms. The van der Waals surface area contributed by atoms with Gasteiger partial charge in [0.15, 0.2) is 0 Å². The third kappa shape index (κ3) is 1.37. The zero-order valence-corrected chi connectivity index (χ0v) is 8.38. The first kappa shape index (κ1) is 7.81. The van der Waals surface area contributed by atoms with Crippen molar-refractivity contribution in [2.75, 3.05) is 0 Å². The lowest BCUT2D eigenvalue weighted by Gasteiger charge is -2.11. The minimum Gasteiger partial charge on any atom is -0.0809 e. The van der Waals surface area contributed by atoms with Crippen LogP contribution < -0.4 is 0 Å². The molecule has 0 aromatic carbocycles. The first-order valence-corrected chi connectivity index (χ1v) is 6.43. The average Bonchev–Trinajstić information content (AvgIpc) is 2.77. The summed E-state index contributed by atoms with van der Waals surface area (Å²) in [5.41, 5.74) is 0. The van der Waals surface area contributed by atoms with Crippen LogP contribution in [-0.2, 0) is 0 Å². The summed E-state index contributed by atoms with van der Waals surface area (Å²) in [6.45, 7) is 2.41. The van der Waals surface area contributed by atoms with Crippen LogP contribution in [0.4, 0.5) is 0 Å². The van der Waals surface area contributed by atoms with Crippen molar-refractivity contribution in [3.05, 3.63) is 46.8 Å². The maximum Gasteiger partial charge on any atom is 0.108 e. The Morgan fingerprint density at radius 1 is 1.00 bits per heavy atom. The largest absolute Gasteiger partial charge is 0.108 e. The molecule has 1 radical (unpaired) electrons. The molecule has 0 saturated heterocycles. The van der Waals surface area contributed by atoms with Gasteiger partial charge in [0.1, 0.15) is 8.80 Å². The van der Waals surface area contributed by atoms with Gasteiger partial charge < -0.3 is 0 Å². The van der Waals surface area contributed by atoms with Crippen molar-refractivity contribution in [1.29, 1.82) is 0 Å². The van der Waals surface area contributed by atoms with Gasteiger partial charge in [-0.25, -0.2) is 0 Å². The van der Waals surface area contributed by atoms with E-state index in [-0.39, 0.29) is 8.80 Å². The lowest BCUT2D eigenvalue weighted by Crippen LogP contribution is -2.13. The van der Waals surface area contributed by atoms with Crippen LogP contribution in [0.15, 0.2) is 46.8 Å². The van der Waals surface area contributed by atoms with Gasteiger partial charge in [0.2, 0.25) is 0 Å². The molecule has 0 unspecified atom stereocenters. The summed E-state index contributed by atoms with van der Waals surface area (Å²) in [4.78, 5) is 0. The first-order chi connectivity index (χ1) is 5.88. The minimum atomic E-state index is -0.348. The van der Waals surface area contributed by atoms with Crippen molar-refractivity contribution in [3.63, 3.8) is 0 Å². The van der Waals surface area contributed by atoms with Crippen LogP contribution in [0.2, 0.25) is 6.55 Å².